The van der Waals surface area contributed by atoms with Crippen LogP contribution in [0.4, 0.5) is 5.82 Å². The lowest BCUT2D eigenvalue weighted by atomic mass is 9.92. The first-order chi connectivity index (χ1) is 16.7. The largest absolute Gasteiger partial charge is 0.491 e. The van der Waals surface area contributed by atoms with Crippen molar-refractivity contribution in [1.29, 1.82) is 0 Å². The molecule has 0 aliphatic carbocycles. The third-order valence-corrected chi connectivity index (χ3v) is 6.04. The number of aryl methyl sites for hydroxylation is 1. The summed E-state index contributed by atoms with van der Waals surface area (Å²) in [6.45, 7) is 13.6. The van der Waals surface area contributed by atoms with E-state index in [9.17, 15) is 0 Å². The number of hydrogen-bond acceptors (Lipinski definition) is 5. The molecule has 2 aromatic heterocycles. The summed E-state index contributed by atoms with van der Waals surface area (Å²) in [7, 11) is 1.64. The Balaban J connectivity index is 1.56. The average Bonchev–Trinajstić information content (AvgIpc) is 3.25. The predicted octanol–water partition coefficient (Wildman–Crippen LogP) is 6.68. The third kappa shape index (κ3) is 5.37. The fourth-order valence-corrected chi connectivity index (χ4v) is 4.15. The Morgan fingerprint density at radius 1 is 1.03 bits per heavy atom. The number of aromatic nitrogens is 4. The molecular weight excluding hydrogens is 434 g/mol. The van der Waals surface area contributed by atoms with Crippen LogP contribution in [-0.4, -0.2) is 26.9 Å². The highest BCUT2D eigenvalue weighted by atomic mass is 16.5. The second-order valence-electron chi connectivity index (χ2n) is 10.2. The summed E-state index contributed by atoms with van der Waals surface area (Å²) in [5.74, 6) is 2.37. The SMILES string of the molecule is COc1cnc(-c2ccccc2C(C)C)nc1NCc1ccc(-n2nc(C)cc2C(C)(C)C)cc1. The van der Waals surface area contributed by atoms with Crippen molar-refractivity contribution in [2.45, 2.75) is 59.4 Å². The monoisotopic (exact) mass is 469 g/mol. The molecule has 0 atom stereocenters. The fourth-order valence-electron chi connectivity index (χ4n) is 4.15. The molecule has 182 valence electrons. The lowest BCUT2D eigenvalue weighted by Gasteiger charge is -2.20. The lowest BCUT2D eigenvalue weighted by Crippen LogP contribution is -2.17. The van der Waals surface area contributed by atoms with Crippen molar-refractivity contribution in [3.05, 3.63) is 83.3 Å². The Kier molecular flexibility index (Phi) is 6.92. The second-order valence-corrected chi connectivity index (χ2v) is 10.2. The molecule has 0 fully saturated rings. The molecule has 0 unspecified atom stereocenters. The van der Waals surface area contributed by atoms with Gasteiger partial charge in [-0.25, -0.2) is 14.6 Å². The minimum atomic E-state index is 0.0109. The molecule has 4 rings (SSSR count). The maximum Gasteiger partial charge on any atom is 0.179 e. The van der Waals surface area contributed by atoms with Crippen molar-refractivity contribution in [3.63, 3.8) is 0 Å². The molecule has 35 heavy (non-hydrogen) atoms. The molecule has 0 aliphatic heterocycles. The molecule has 0 radical (unpaired) electrons. The van der Waals surface area contributed by atoms with Crippen molar-refractivity contribution in [3.8, 4) is 22.8 Å². The van der Waals surface area contributed by atoms with Gasteiger partial charge in [-0.15, -0.1) is 0 Å². The zero-order valence-electron chi connectivity index (χ0n) is 21.8. The van der Waals surface area contributed by atoms with Gasteiger partial charge in [0.05, 0.1) is 24.7 Å². The van der Waals surface area contributed by atoms with Gasteiger partial charge in [0.25, 0.3) is 0 Å². The number of nitrogens with one attached hydrogen (secondary N) is 1. The zero-order chi connectivity index (χ0) is 25.2. The fraction of sp³-hybridized carbons (Fsp3) is 0.345. The number of anilines is 1. The van der Waals surface area contributed by atoms with Crippen molar-refractivity contribution >= 4 is 5.82 Å². The van der Waals surface area contributed by atoms with Gasteiger partial charge in [0.1, 0.15) is 0 Å². The van der Waals surface area contributed by atoms with Crippen LogP contribution in [0.5, 0.6) is 5.75 Å². The van der Waals surface area contributed by atoms with Gasteiger partial charge in [-0.2, -0.15) is 5.10 Å². The van der Waals surface area contributed by atoms with Crippen LogP contribution in [0.2, 0.25) is 0 Å². The summed E-state index contributed by atoms with van der Waals surface area (Å²) in [6, 6.07) is 18.9. The Labute approximate surface area is 208 Å². The van der Waals surface area contributed by atoms with Crippen LogP contribution in [0.15, 0.2) is 60.8 Å². The summed E-state index contributed by atoms with van der Waals surface area (Å²) in [4.78, 5) is 9.38. The molecule has 6 heteroatoms. The Morgan fingerprint density at radius 3 is 2.40 bits per heavy atom. The molecule has 2 heterocycles. The van der Waals surface area contributed by atoms with E-state index in [1.807, 2.05) is 17.7 Å². The molecule has 2 aromatic carbocycles. The Bertz CT molecular complexity index is 1300. The van der Waals surface area contributed by atoms with E-state index in [0.717, 1.165) is 22.5 Å². The number of nitrogens with zero attached hydrogens (tertiary/aromatic N) is 4. The van der Waals surface area contributed by atoms with Crippen LogP contribution < -0.4 is 10.1 Å². The number of rotatable bonds is 7. The van der Waals surface area contributed by atoms with E-state index < -0.39 is 0 Å². The van der Waals surface area contributed by atoms with Crippen LogP contribution in [0.3, 0.4) is 0 Å². The number of ether oxygens (including phenoxy) is 1. The molecule has 0 spiro atoms. The number of benzene rings is 2. The van der Waals surface area contributed by atoms with Crippen LogP contribution >= 0.6 is 0 Å². The highest BCUT2D eigenvalue weighted by molar-refractivity contribution is 5.64. The van der Waals surface area contributed by atoms with Gasteiger partial charge < -0.3 is 10.1 Å². The van der Waals surface area contributed by atoms with Crippen molar-refractivity contribution in [1.82, 2.24) is 19.7 Å². The number of methoxy groups -OCH3 is 1. The van der Waals surface area contributed by atoms with E-state index in [1.165, 1.54) is 11.3 Å². The van der Waals surface area contributed by atoms with Gasteiger partial charge in [0, 0.05) is 23.2 Å². The summed E-state index contributed by atoms with van der Waals surface area (Å²) >= 11 is 0. The van der Waals surface area contributed by atoms with Gasteiger partial charge in [0.15, 0.2) is 17.4 Å². The third-order valence-electron chi connectivity index (χ3n) is 6.04. The lowest BCUT2D eigenvalue weighted by molar-refractivity contribution is 0.413. The van der Waals surface area contributed by atoms with E-state index in [0.29, 0.717) is 29.9 Å². The highest BCUT2D eigenvalue weighted by Gasteiger charge is 2.21. The summed E-state index contributed by atoms with van der Waals surface area (Å²) < 4.78 is 7.57. The van der Waals surface area contributed by atoms with Gasteiger partial charge >= 0.3 is 0 Å². The first-order valence-electron chi connectivity index (χ1n) is 12.1. The second kappa shape index (κ2) is 9.90. The van der Waals surface area contributed by atoms with Crippen molar-refractivity contribution in [2.75, 3.05) is 12.4 Å². The molecular formula is C29H35N5O. The quantitative estimate of drug-likeness (QED) is 0.327. The number of hydrogen-bond donors (Lipinski definition) is 1. The summed E-state index contributed by atoms with van der Waals surface area (Å²) in [5, 5.41) is 8.16. The molecule has 0 bridgehead atoms. The molecule has 6 nitrogen and oxygen atoms in total. The van der Waals surface area contributed by atoms with Crippen LogP contribution in [-0.2, 0) is 12.0 Å². The van der Waals surface area contributed by atoms with E-state index in [-0.39, 0.29) is 5.41 Å². The van der Waals surface area contributed by atoms with E-state index in [1.54, 1.807) is 13.3 Å². The van der Waals surface area contributed by atoms with Crippen molar-refractivity contribution < 1.29 is 4.74 Å². The Hall–Kier alpha value is -3.67. The molecule has 0 saturated heterocycles. The van der Waals surface area contributed by atoms with E-state index >= 15 is 0 Å². The van der Waals surface area contributed by atoms with Gasteiger partial charge in [-0.05, 0) is 42.2 Å². The van der Waals surface area contributed by atoms with Gasteiger partial charge in [-0.3, -0.25) is 0 Å². The molecule has 1 N–H and O–H groups in total. The first-order valence-corrected chi connectivity index (χ1v) is 12.1. The maximum absolute atomic E-state index is 5.53. The van der Waals surface area contributed by atoms with E-state index in [2.05, 4.69) is 93.5 Å². The predicted molar refractivity (Wildman–Crippen MR) is 142 cm³/mol. The van der Waals surface area contributed by atoms with Crippen LogP contribution in [0.25, 0.3) is 17.1 Å². The Morgan fingerprint density at radius 2 is 1.74 bits per heavy atom. The summed E-state index contributed by atoms with van der Waals surface area (Å²) in [5.41, 5.74) is 6.69. The normalized spacial score (nSPS) is 11.7. The van der Waals surface area contributed by atoms with E-state index in [4.69, 9.17) is 14.8 Å². The summed E-state index contributed by atoms with van der Waals surface area (Å²) in [6.07, 6.45) is 1.74. The maximum atomic E-state index is 5.53. The zero-order valence-corrected chi connectivity index (χ0v) is 21.8. The van der Waals surface area contributed by atoms with Crippen molar-refractivity contribution in [2.24, 2.45) is 0 Å². The molecule has 0 saturated carbocycles. The van der Waals surface area contributed by atoms with Crippen LogP contribution in [0, 0.1) is 6.92 Å². The molecule has 0 aliphatic rings. The topological polar surface area (TPSA) is 64.9 Å². The average molecular weight is 470 g/mol. The molecule has 4 aromatic rings. The van der Waals surface area contributed by atoms with Gasteiger partial charge in [0.2, 0.25) is 0 Å². The first kappa shape index (κ1) is 24.5. The van der Waals surface area contributed by atoms with Gasteiger partial charge in [-0.1, -0.05) is 71.0 Å². The smallest absolute Gasteiger partial charge is 0.179 e. The molecule has 0 amide bonds. The van der Waals surface area contributed by atoms with Crippen LogP contribution in [0.1, 0.15) is 63.1 Å². The minimum absolute atomic E-state index is 0.0109. The minimum Gasteiger partial charge on any atom is -0.491 e. The standard InChI is InChI=1S/C29H35N5O/c1-19(2)23-10-8-9-11-24(23)27-31-18-25(35-7)28(32-27)30-17-21-12-14-22(15-13-21)34-26(29(4,5)6)16-20(3)33-34/h8-16,18-19H,17H2,1-7H3,(H,30,31,32). The highest BCUT2D eigenvalue weighted by Crippen LogP contribution is 2.30.